The normalized spacial score (nSPS) is 11.7. The molecule has 0 aliphatic rings. The fraction of sp³-hybridized carbons (Fsp3) is 0.250. The lowest BCUT2D eigenvalue weighted by molar-refractivity contribution is 0.747. The number of benzene rings is 2. The lowest BCUT2D eigenvalue weighted by Crippen LogP contribution is -2.22. The standard InChI is InChI=1S/C20H20N4OS/c1-13(2)12-26-20-22-21-19-23(16-10-6-4-8-14(16)3)18(25)15-9-5-7-11-17(15)24(19)20/h4-11,13H,12H2,1-3H3. The zero-order valence-corrected chi connectivity index (χ0v) is 15.8. The van der Waals surface area contributed by atoms with Crippen molar-refractivity contribution in [1.82, 2.24) is 19.2 Å². The Bertz CT molecular complexity index is 1160. The largest absolute Gasteiger partial charge is 0.268 e. The Hall–Kier alpha value is -2.60. The third kappa shape index (κ3) is 2.70. The van der Waals surface area contributed by atoms with E-state index in [0.717, 1.165) is 27.7 Å². The third-order valence-corrected chi connectivity index (χ3v) is 5.65. The molecule has 2 heterocycles. The number of hydrogen-bond donors (Lipinski definition) is 0. The van der Waals surface area contributed by atoms with E-state index in [1.807, 2.05) is 59.9 Å². The van der Waals surface area contributed by atoms with Crippen LogP contribution in [0.2, 0.25) is 0 Å². The van der Waals surface area contributed by atoms with Gasteiger partial charge in [-0.2, -0.15) is 0 Å². The van der Waals surface area contributed by atoms with Gasteiger partial charge in [0.1, 0.15) is 0 Å². The van der Waals surface area contributed by atoms with Crippen LogP contribution in [-0.2, 0) is 0 Å². The molecule has 0 radical (unpaired) electrons. The van der Waals surface area contributed by atoms with E-state index in [2.05, 4.69) is 24.0 Å². The predicted octanol–water partition coefficient (Wildman–Crippen LogP) is 4.09. The number of hydrogen-bond acceptors (Lipinski definition) is 4. The lowest BCUT2D eigenvalue weighted by Gasteiger charge is -2.13. The number of aromatic nitrogens is 4. The highest BCUT2D eigenvalue weighted by molar-refractivity contribution is 7.99. The SMILES string of the molecule is Cc1ccccc1-n1c(=O)c2ccccc2n2c(SCC(C)C)nnc12. The van der Waals surface area contributed by atoms with Crippen molar-refractivity contribution in [1.29, 1.82) is 0 Å². The first-order valence-electron chi connectivity index (χ1n) is 8.65. The number of rotatable bonds is 4. The van der Waals surface area contributed by atoms with E-state index in [-0.39, 0.29) is 5.56 Å². The van der Waals surface area contributed by atoms with Crippen LogP contribution in [0, 0.1) is 12.8 Å². The van der Waals surface area contributed by atoms with Crippen molar-refractivity contribution in [2.45, 2.75) is 25.9 Å². The molecule has 0 unspecified atom stereocenters. The maximum absolute atomic E-state index is 13.2. The molecule has 0 spiro atoms. The minimum atomic E-state index is -0.0739. The molecule has 0 saturated carbocycles. The van der Waals surface area contributed by atoms with Crippen LogP contribution in [0.25, 0.3) is 22.4 Å². The van der Waals surface area contributed by atoms with E-state index >= 15 is 0 Å². The maximum Gasteiger partial charge on any atom is 0.267 e. The Kier molecular flexibility index (Phi) is 4.28. The molecule has 0 N–H and O–H groups in total. The van der Waals surface area contributed by atoms with E-state index in [1.165, 1.54) is 0 Å². The fourth-order valence-electron chi connectivity index (χ4n) is 3.04. The van der Waals surface area contributed by atoms with Crippen molar-refractivity contribution in [2.75, 3.05) is 5.75 Å². The summed E-state index contributed by atoms with van der Waals surface area (Å²) < 4.78 is 3.67. The van der Waals surface area contributed by atoms with Crippen molar-refractivity contribution in [3.05, 3.63) is 64.4 Å². The molecule has 4 aromatic rings. The highest BCUT2D eigenvalue weighted by atomic mass is 32.2. The predicted molar refractivity (Wildman–Crippen MR) is 106 cm³/mol. The maximum atomic E-state index is 13.2. The van der Waals surface area contributed by atoms with Crippen molar-refractivity contribution in [3.8, 4) is 5.69 Å². The molecular weight excluding hydrogens is 344 g/mol. The third-order valence-electron chi connectivity index (χ3n) is 4.30. The monoisotopic (exact) mass is 364 g/mol. The summed E-state index contributed by atoms with van der Waals surface area (Å²) in [5.74, 6) is 2.04. The Morgan fingerprint density at radius 1 is 1.04 bits per heavy atom. The van der Waals surface area contributed by atoms with Gasteiger partial charge in [0.2, 0.25) is 5.78 Å². The molecule has 2 aromatic carbocycles. The van der Waals surface area contributed by atoms with Crippen LogP contribution in [0.3, 0.4) is 0 Å². The number of para-hydroxylation sites is 2. The average Bonchev–Trinajstić information content (AvgIpc) is 3.05. The summed E-state index contributed by atoms with van der Waals surface area (Å²) in [6, 6.07) is 15.5. The molecule has 6 heteroatoms. The molecule has 2 aromatic heterocycles. The summed E-state index contributed by atoms with van der Waals surface area (Å²) in [7, 11) is 0. The molecule has 132 valence electrons. The van der Waals surface area contributed by atoms with Gasteiger partial charge in [-0.3, -0.25) is 9.20 Å². The van der Waals surface area contributed by atoms with Crippen LogP contribution < -0.4 is 5.56 Å². The molecule has 0 saturated heterocycles. The molecule has 4 rings (SSSR count). The summed E-state index contributed by atoms with van der Waals surface area (Å²) in [5.41, 5.74) is 2.62. The Labute approximate surface area is 155 Å². The molecule has 5 nitrogen and oxygen atoms in total. The van der Waals surface area contributed by atoms with E-state index < -0.39 is 0 Å². The fourth-order valence-corrected chi connectivity index (χ4v) is 3.93. The van der Waals surface area contributed by atoms with Gasteiger partial charge in [-0.1, -0.05) is 55.9 Å². The zero-order chi connectivity index (χ0) is 18.3. The van der Waals surface area contributed by atoms with Gasteiger partial charge in [-0.05, 0) is 36.6 Å². The van der Waals surface area contributed by atoms with E-state index in [0.29, 0.717) is 17.1 Å². The summed E-state index contributed by atoms with van der Waals surface area (Å²) in [6.07, 6.45) is 0. The van der Waals surface area contributed by atoms with Crippen LogP contribution in [-0.4, -0.2) is 24.9 Å². The first-order valence-corrected chi connectivity index (χ1v) is 9.64. The van der Waals surface area contributed by atoms with Gasteiger partial charge in [-0.15, -0.1) is 10.2 Å². The van der Waals surface area contributed by atoms with Crippen LogP contribution >= 0.6 is 11.8 Å². The van der Waals surface area contributed by atoms with Crippen molar-refractivity contribution < 1.29 is 0 Å². The van der Waals surface area contributed by atoms with Gasteiger partial charge in [0.15, 0.2) is 5.16 Å². The first-order chi connectivity index (χ1) is 12.6. The van der Waals surface area contributed by atoms with E-state index in [9.17, 15) is 4.79 Å². The minimum Gasteiger partial charge on any atom is -0.268 e. The molecule has 0 fully saturated rings. The van der Waals surface area contributed by atoms with E-state index in [4.69, 9.17) is 0 Å². The van der Waals surface area contributed by atoms with Gasteiger partial charge in [0.05, 0.1) is 16.6 Å². The van der Waals surface area contributed by atoms with Crippen LogP contribution in [0.15, 0.2) is 58.5 Å². The summed E-state index contributed by atoms with van der Waals surface area (Å²) in [6.45, 7) is 6.35. The van der Waals surface area contributed by atoms with Gasteiger partial charge in [0, 0.05) is 5.75 Å². The molecule has 0 amide bonds. The molecule has 0 aliphatic carbocycles. The number of nitrogens with zero attached hydrogens (tertiary/aromatic N) is 4. The second-order valence-electron chi connectivity index (χ2n) is 6.77. The van der Waals surface area contributed by atoms with Crippen molar-refractivity contribution >= 4 is 28.4 Å². The lowest BCUT2D eigenvalue weighted by atomic mass is 10.2. The number of aryl methyl sites for hydroxylation is 1. The smallest absolute Gasteiger partial charge is 0.267 e. The van der Waals surface area contributed by atoms with Crippen molar-refractivity contribution in [3.63, 3.8) is 0 Å². The first kappa shape index (κ1) is 16.8. The molecular formula is C20H20N4OS. The summed E-state index contributed by atoms with van der Waals surface area (Å²) in [4.78, 5) is 13.2. The summed E-state index contributed by atoms with van der Waals surface area (Å²) in [5, 5.41) is 10.2. The van der Waals surface area contributed by atoms with Gasteiger partial charge in [-0.25, -0.2) is 4.57 Å². The quantitative estimate of drug-likeness (QED) is 0.512. The Balaban J connectivity index is 2.10. The van der Waals surface area contributed by atoms with E-state index in [1.54, 1.807) is 16.3 Å². The highest BCUT2D eigenvalue weighted by Crippen LogP contribution is 2.25. The van der Waals surface area contributed by atoms with Gasteiger partial charge < -0.3 is 0 Å². The molecule has 0 aliphatic heterocycles. The number of fused-ring (bicyclic) bond motifs is 3. The second kappa shape index (κ2) is 6.61. The minimum absolute atomic E-state index is 0.0739. The van der Waals surface area contributed by atoms with Crippen LogP contribution in [0.1, 0.15) is 19.4 Å². The van der Waals surface area contributed by atoms with Crippen LogP contribution in [0.4, 0.5) is 0 Å². The molecule has 26 heavy (non-hydrogen) atoms. The topological polar surface area (TPSA) is 52.2 Å². The number of thioether (sulfide) groups is 1. The Morgan fingerprint density at radius 3 is 2.54 bits per heavy atom. The highest BCUT2D eigenvalue weighted by Gasteiger charge is 2.18. The summed E-state index contributed by atoms with van der Waals surface area (Å²) >= 11 is 1.67. The Morgan fingerprint density at radius 2 is 1.77 bits per heavy atom. The van der Waals surface area contributed by atoms with Gasteiger partial charge >= 0.3 is 0 Å². The average molecular weight is 364 g/mol. The van der Waals surface area contributed by atoms with Crippen LogP contribution in [0.5, 0.6) is 0 Å². The van der Waals surface area contributed by atoms with Gasteiger partial charge in [0.25, 0.3) is 5.56 Å². The molecule has 0 atom stereocenters. The second-order valence-corrected chi connectivity index (χ2v) is 7.75. The molecule has 0 bridgehead atoms. The van der Waals surface area contributed by atoms with Crippen molar-refractivity contribution in [2.24, 2.45) is 5.92 Å². The zero-order valence-electron chi connectivity index (χ0n) is 15.0.